The highest BCUT2D eigenvalue weighted by Gasteiger charge is 2.50. The molecule has 84 valence electrons. The van der Waals surface area contributed by atoms with E-state index in [1.165, 1.54) is 6.07 Å². The lowest BCUT2D eigenvalue weighted by molar-refractivity contribution is 0.443. The maximum Gasteiger partial charge on any atom is 0.126 e. The van der Waals surface area contributed by atoms with Crippen LogP contribution in [0.3, 0.4) is 0 Å². The highest BCUT2D eigenvalue weighted by molar-refractivity contribution is 5.32. The second kappa shape index (κ2) is 3.88. The van der Waals surface area contributed by atoms with Gasteiger partial charge in [0.15, 0.2) is 0 Å². The minimum absolute atomic E-state index is 0.0109. The van der Waals surface area contributed by atoms with Gasteiger partial charge in [-0.05, 0) is 44.0 Å². The topological polar surface area (TPSA) is 35.8 Å². The monoisotopic (exact) mass is 218 g/mol. The summed E-state index contributed by atoms with van der Waals surface area (Å²) in [5.41, 5.74) is 1.35. The number of nitrogens with zero attached hydrogens (tertiary/aromatic N) is 1. The third kappa shape index (κ3) is 1.70. The molecular weight excluding hydrogens is 203 g/mol. The molecule has 1 saturated carbocycles. The number of hydrogen-bond donors (Lipinski definition) is 1. The molecule has 1 N–H and O–H groups in total. The van der Waals surface area contributed by atoms with Gasteiger partial charge in [-0.2, -0.15) is 5.26 Å². The van der Waals surface area contributed by atoms with E-state index in [0.717, 1.165) is 18.4 Å². The lowest BCUT2D eigenvalue weighted by Gasteiger charge is -2.21. The van der Waals surface area contributed by atoms with Crippen molar-refractivity contribution in [2.45, 2.75) is 25.8 Å². The number of aryl methyl sites for hydroxylation is 1. The van der Waals surface area contributed by atoms with Crippen molar-refractivity contribution in [1.82, 2.24) is 5.32 Å². The Labute approximate surface area is 95.1 Å². The average molecular weight is 218 g/mol. The van der Waals surface area contributed by atoms with Crippen molar-refractivity contribution in [3.8, 4) is 6.07 Å². The molecule has 1 aromatic carbocycles. The van der Waals surface area contributed by atoms with Gasteiger partial charge in [-0.25, -0.2) is 4.39 Å². The number of rotatable bonds is 3. The summed E-state index contributed by atoms with van der Waals surface area (Å²) in [5, 5.41) is 12.4. The highest BCUT2D eigenvalue weighted by atomic mass is 19.1. The van der Waals surface area contributed by atoms with Gasteiger partial charge in [0.2, 0.25) is 0 Å². The van der Waals surface area contributed by atoms with E-state index in [-0.39, 0.29) is 17.3 Å². The molecule has 0 bridgehead atoms. The first kappa shape index (κ1) is 11.1. The largest absolute Gasteiger partial charge is 0.312 e. The van der Waals surface area contributed by atoms with Crippen LogP contribution in [0, 0.1) is 29.5 Å². The number of hydrogen-bond acceptors (Lipinski definition) is 2. The fraction of sp³-hybridized carbons (Fsp3) is 0.462. The summed E-state index contributed by atoms with van der Waals surface area (Å²) < 4.78 is 13.2. The van der Waals surface area contributed by atoms with Crippen molar-refractivity contribution in [3.05, 3.63) is 35.1 Å². The molecule has 1 fully saturated rings. The van der Waals surface area contributed by atoms with E-state index in [1.807, 2.05) is 13.1 Å². The Bertz CT molecular complexity index is 444. The van der Waals surface area contributed by atoms with Crippen LogP contribution >= 0.6 is 0 Å². The van der Waals surface area contributed by atoms with Gasteiger partial charge < -0.3 is 5.32 Å². The van der Waals surface area contributed by atoms with Crippen molar-refractivity contribution in [2.24, 2.45) is 5.41 Å². The first-order chi connectivity index (χ1) is 7.63. The zero-order valence-corrected chi connectivity index (χ0v) is 9.55. The molecular formula is C13H15FN2. The Balaban J connectivity index is 2.35. The molecule has 1 unspecified atom stereocenters. The second-order valence-corrected chi connectivity index (χ2v) is 4.50. The van der Waals surface area contributed by atoms with E-state index in [4.69, 9.17) is 0 Å². The minimum Gasteiger partial charge on any atom is -0.312 e. The number of halogens is 1. The van der Waals surface area contributed by atoms with Gasteiger partial charge >= 0.3 is 0 Å². The SMILES string of the molecule is CNC(c1ccc(F)c(C)c1)C1(C#N)CC1. The van der Waals surface area contributed by atoms with Crippen LogP contribution in [-0.4, -0.2) is 7.05 Å². The summed E-state index contributed by atoms with van der Waals surface area (Å²) in [4.78, 5) is 0. The molecule has 0 saturated heterocycles. The molecule has 2 nitrogen and oxygen atoms in total. The highest BCUT2D eigenvalue weighted by Crippen LogP contribution is 2.54. The summed E-state index contributed by atoms with van der Waals surface area (Å²) in [7, 11) is 1.85. The molecule has 1 aromatic rings. The lowest BCUT2D eigenvalue weighted by atomic mass is 9.90. The van der Waals surface area contributed by atoms with Gasteiger partial charge in [0.1, 0.15) is 5.82 Å². The van der Waals surface area contributed by atoms with Gasteiger partial charge in [0, 0.05) is 0 Å². The van der Waals surface area contributed by atoms with Crippen LogP contribution in [0.4, 0.5) is 4.39 Å². The van der Waals surface area contributed by atoms with E-state index < -0.39 is 0 Å². The standard InChI is InChI=1S/C13H15FN2/c1-9-7-10(3-4-11(9)14)12(16-2)13(8-15)5-6-13/h3-4,7,12,16H,5-6H2,1-2H3. The molecule has 0 spiro atoms. The average Bonchev–Trinajstić information content (AvgIpc) is 3.05. The summed E-state index contributed by atoms with van der Waals surface area (Å²) in [6.07, 6.45) is 1.84. The van der Waals surface area contributed by atoms with Gasteiger partial charge in [-0.15, -0.1) is 0 Å². The quantitative estimate of drug-likeness (QED) is 0.846. The Morgan fingerprint density at radius 1 is 1.50 bits per heavy atom. The molecule has 2 rings (SSSR count). The fourth-order valence-electron chi connectivity index (χ4n) is 2.21. The molecule has 0 aliphatic heterocycles. The van der Waals surface area contributed by atoms with Crippen LogP contribution in [0.2, 0.25) is 0 Å². The first-order valence-corrected chi connectivity index (χ1v) is 5.47. The van der Waals surface area contributed by atoms with Crippen molar-refractivity contribution >= 4 is 0 Å². The maximum atomic E-state index is 13.2. The Morgan fingerprint density at radius 3 is 2.62 bits per heavy atom. The van der Waals surface area contributed by atoms with Crippen LogP contribution in [-0.2, 0) is 0 Å². The van der Waals surface area contributed by atoms with Crippen LogP contribution in [0.15, 0.2) is 18.2 Å². The van der Waals surface area contributed by atoms with Crippen molar-refractivity contribution < 1.29 is 4.39 Å². The Hall–Kier alpha value is -1.40. The third-order valence-electron chi connectivity index (χ3n) is 3.37. The van der Waals surface area contributed by atoms with Crippen molar-refractivity contribution in [3.63, 3.8) is 0 Å². The van der Waals surface area contributed by atoms with Crippen molar-refractivity contribution in [2.75, 3.05) is 7.05 Å². The van der Waals surface area contributed by atoms with Crippen LogP contribution < -0.4 is 5.32 Å². The summed E-state index contributed by atoms with van der Waals surface area (Å²) in [6, 6.07) is 7.46. The van der Waals surface area contributed by atoms with E-state index in [9.17, 15) is 9.65 Å². The number of nitriles is 1. The van der Waals surface area contributed by atoms with E-state index in [1.54, 1.807) is 13.0 Å². The van der Waals surface area contributed by atoms with Crippen LogP contribution in [0.1, 0.15) is 30.0 Å². The molecule has 0 aromatic heterocycles. The molecule has 3 heteroatoms. The third-order valence-corrected chi connectivity index (χ3v) is 3.37. The fourth-order valence-corrected chi connectivity index (χ4v) is 2.21. The van der Waals surface area contributed by atoms with E-state index in [0.29, 0.717) is 5.56 Å². The summed E-state index contributed by atoms with van der Waals surface area (Å²) >= 11 is 0. The first-order valence-electron chi connectivity index (χ1n) is 5.47. The molecule has 16 heavy (non-hydrogen) atoms. The summed E-state index contributed by atoms with van der Waals surface area (Å²) in [6.45, 7) is 1.75. The Kier molecular flexibility index (Phi) is 2.69. The molecule has 0 heterocycles. The predicted molar refractivity (Wildman–Crippen MR) is 60.2 cm³/mol. The van der Waals surface area contributed by atoms with E-state index in [2.05, 4.69) is 11.4 Å². The molecule has 0 amide bonds. The van der Waals surface area contributed by atoms with Crippen LogP contribution in [0.25, 0.3) is 0 Å². The Morgan fingerprint density at radius 2 is 2.19 bits per heavy atom. The van der Waals surface area contributed by atoms with Gasteiger partial charge in [-0.3, -0.25) is 0 Å². The molecule has 1 atom stereocenters. The molecule has 1 aliphatic carbocycles. The smallest absolute Gasteiger partial charge is 0.126 e. The van der Waals surface area contributed by atoms with Crippen molar-refractivity contribution in [1.29, 1.82) is 5.26 Å². The number of nitrogens with one attached hydrogen (secondary N) is 1. The maximum absolute atomic E-state index is 13.2. The zero-order chi connectivity index (χ0) is 11.8. The predicted octanol–water partition coefficient (Wildman–Crippen LogP) is 2.70. The van der Waals surface area contributed by atoms with Gasteiger partial charge in [-0.1, -0.05) is 12.1 Å². The molecule has 0 radical (unpaired) electrons. The lowest BCUT2D eigenvalue weighted by Crippen LogP contribution is -2.25. The minimum atomic E-state index is -0.279. The zero-order valence-electron chi connectivity index (χ0n) is 9.55. The van der Waals surface area contributed by atoms with E-state index >= 15 is 0 Å². The van der Waals surface area contributed by atoms with Gasteiger partial charge in [0.25, 0.3) is 0 Å². The second-order valence-electron chi connectivity index (χ2n) is 4.50. The normalized spacial score (nSPS) is 18.9. The van der Waals surface area contributed by atoms with Crippen LogP contribution in [0.5, 0.6) is 0 Å². The van der Waals surface area contributed by atoms with Gasteiger partial charge in [0.05, 0.1) is 17.5 Å². The summed E-state index contributed by atoms with van der Waals surface area (Å²) in [5.74, 6) is -0.194. The molecule has 1 aliphatic rings. The number of benzene rings is 1.